The van der Waals surface area contributed by atoms with Gasteiger partial charge in [0.2, 0.25) is 0 Å². The summed E-state index contributed by atoms with van der Waals surface area (Å²) in [4.78, 5) is 0. The Hall–Kier alpha value is -4.58. The van der Waals surface area contributed by atoms with Crippen LogP contribution < -0.4 is 5.46 Å². The highest BCUT2D eigenvalue weighted by atomic mass is 16.7. The molecule has 5 heteroatoms. The largest absolute Gasteiger partial charge is 0.494 e. The van der Waals surface area contributed by atoms with Crippen LogP contribution in [-0.2, 0) is 9.31 Å². The van der Waals surface area contributed by atoms with Crippen molar-refractivity contribution >= 4 is 77.9 Å². The zero-order valence-electron chi connectivity index (χ0n) is 24.6. The first-order valence-electron chi connectivity index (χ1n) is 14.9. The highest BCUT2D eigenvalue weighted by Gasteiger charge is 2.51. The maximum absolute atomic E-state index is 6.40. The summed E-state index contributed by atoms with van der Waals surface area (Å²) < 4.78 is 21.4. The van der Waals surface area contributed by atoms with Crippen molar-refractivity contribution in [2.24, 2.45) is 0 Å². The molecule has 0 radical (unpaired) electrons. The molecule has 0 unspecified atom stereocenters. The van der Waals surface area contributed by atoms with E-state index in [0.29, 0.717) is 0 Å². The fourth-order valence-electron chi connectivity index (χ4n) is 6.87. The minimum absolute atomic E-state index is 0.394. The second-order valence-electron chi connectivity index (χ2n) is 12.8. The van der Waals surface area contributed by atoms with Gasteiger partial charge in [0, 0.05) is 27.2 Å². The van der Waals surface area contributed by atoms with Gasteiger partial charge in [0.05, 0.1) is 22.2 Å². The molecule has 1 fully saturated rings. The summed E-state index contributed by atoms with van der Waals surface area (Å²) in [6, 6.07) is 39.2. The maximum Gasteiger partial charge on any atom is 0.494 e. The number of benzene rings is 6. The fourth-order valence-corrected chi connectivity index (χ4v) is 6.87. The molecule has 2 aromatic heterocycles. The van der Waals surface area contributed by atoms with Gasteiger partial charge in [-0.1, -0.05) is 72.8 Å². The van der Waals surface area contributed by atoms with Crippen LogP contribution in [0, 0.1) is 0 Å². The van der Waals surface area contributed by atoms with Gasteiger partial charge in [-0.05, 0) is 91.1 Å². The van der Waals surface area contributed by atoms with Crippen LogP contribution in [0.1, 0.15) is 27.7 Å². The smallest absolute Gasteiger partial charge is 0.456 e. The van der Waals surface area contributed by atoms with Crippen molar-refractivity contribution in [3.63, 3.8) is 0 Å². The highest BCUT2D eigenvalue weighted by Crippen LogP contribution is 2.42. The molecule has 1 aliphatic heterocycles. The zero-order valence-corrected chi connectivity index (χ0v) is 24.6. The van der Waals surface area contributed by atoms with Gasteiger partial charge in [-0.25, -0.2) is 0 Å². The molecule has 6 aromatic carbocycles. The normalized spacial score (nSPS) is 16.5. The van der Waals surface area contributed by atoms with Crippen molar-refractivity contribution in [2.75, 3.05) is 0 Å². The van der Waals surface area contributed by atoms with Crippen molar-refractivity contribution < 1.29 is 13.7 Å². The van der Waals surface area contributed by atoms with E-state index >= 15 is 0 Å². The van der Waals surface area contributed by atoms with Crippen molar-refractivity contribution in [3.05, 3.63) is 109 Å². The molecule has 0 aliphatic carbocycles. The number of nitrogens with zero attached hydrogens (tertiary/aromatic N) is 1. The van der Waals surface area contributed by atoms with Gasteiger partial charge >= 0.3 is 7.12 Å². The van der Waals surface area contributed by atoms with E-state index in [4.69, 9.17) is 13.7 Å². The Balaban J connectivity index is 1.27. The molecule has 0 spiro atoms. The summed E-state index contributed by atoms with van der Waals surface area (Å²) in [6.07, 6.45) is 0. The van der Waals surface area contributed by atoms with Crippen LogP contribution in [-0.4, -0.2) is 22.9 Å². The summed E-state index contributed by atoms with van der Waals surface area (Å²) in [6.45, 7) is 8.31. The molecule has 4 nitrogen and oxygen atoms in total. The maximum atomic E-state index is 6.40. The number of hydrogen-bond donors (Lipinski definition) is 0. The molecular formula is C38H30BNO3. The molecule has 1 aliphatic rings. The lowest BCUT2D eigenvalue weighted by atomic mass is 9.79. The molecular weight excluding hydrogens is 529 g/mol. The molecule has 0 saturated carbocycles. The molecule has 1 saturated heterocycles. The van der Waals surface area contributed by atoms with E-state index in [1.165, 1.54) is 43.4 Å². The standard InChI is InChI=1S/C38H30BNO3/c1-37(2)38(3,4)43-39(42-37)25-15-17-29-30-22-26(16-20-33(30)41-34(29)21-25)40-31-18-13-23-9-5-7-11-27(23)35(31)36-28-12-8-6-10-24(28)14-19-32(36)40/h5-22H,1-4H3. The zero-order chi connectivity index (χ0) is 29.1. The van der Waals surface area contributed by atoms with E-state index in [-0.39, 0.29) is 0 Å². The highest BCUT2D eigenvalue weighted by molar-refractivity contribution is 6.62. The van der Waals surface area contributed by atoms with Crippen LogP contribution in [0.3, 0.4) is 0 Å². The third-order valence-electron chi connectivity index (χ3n) is 9.81. The third-order valence-corrected chi connectivity index (χ3v) is 9.81. The first-order chi connectivity index (χ1) is 20.8. The van der Waals surface area contributed by atoms with E-state index in [9.17, 15) is 0 Å². The quantitative estimate of drug-likeness (QED) is 0.198. The van der Waals surface area contributed by atoms with Gasteiger partial charge in [0.1, 0.15) is 11.2 Å². The van der Waals surface area contributed by atoms with Crippen LogP contribution in [0.5, 0.6) is 0 Å². The van der Waals surface area contributed by atoms with Crippen LogP contribution in [0.2, 0.25) is 0 Å². The van der Waals surface area contributed by atoms with E-state index < -0.39 is 18.3 Å². The summed E-state index contributed by atoms with van der Waals surface area (Å²) >= 11 is 0. The molecule has 0 amide bonds. The molecule has 43 heavy (non-hydrogen) atoms. The average Bonchev–Trinajstić information content (AvgIpc) is 3.62. The fraction of sp³-hybridized carbons (Fsp3) is 0.158. The number of aromatic nitrogens is 1. The van der Waals surface area contributed by atoms with Crippen LogP contribution in [0.15, 0.2) is 114 Å². The molecule has 0 bridgehead atoms. The Morgan fingerprint density at radius 3 is 1.77 bits per heavy atom. The van der Waals surface area contributed by atoms with Crippen LogP contribution in [0.25, 0.3) is 71.0 Å². The number of hydrogen-bond acceptors (Lipinski definition) is 3. The number of fused-ring (bicyclic) bond motifs is 10. The Labute approximate surface area is 249 Å². The van der Waals surface area contributed by atoms with E-state index in [0.717, 1.165) is 33.1 Å². The minimum Gasteiger partial charge on any atom is -0.456 e. The van der Waals surface area contributed by atoms with Gasteiger partial charge in [0.15, 0.2) is 0 Å². The molecule has 0 atom stereocenters. The molecule has 0 N–H and O–H groups in total. The minimum atomic E-state index is -0.430. The predicted molar refractivity (Wildman–Crippen MR) is 179 cm³/mol. The van der Waals surface area contributed by atoms with Crippen molar-refractivity contribution in [1.29, 1.82) is 0 Å². The second-order valence-corrected chi connectivity index (χ2v) is 12.8. The molecule has 3 heterocycles. The van der Waals surface area contributed by atoms with E-state index in [2.05, 4.69) is 141 Å². The summed E-state index contributed by atoms with van der Waals surface area (Å²) in [5.41, 5.74) is 5.37. The summed E-state index contributed by atoms with van der Waals surface area (Å²) in [5, 5.41) is 9.77. The van der Waals surface area contributed by atoms with Crippen molar-refractivity contribution in [3.8, 4) is 5.69 Å². The van der Waals surface area contributed by atoms with Gasteiger partial charge in [-0.3, -0.25) is 0 Å². The monoisotopic (exact) mass is 559 g/mol. The van der Waals surface area contributed by atoms with E-state index in [1.807, 2.05) is 0 Å². The number of furan rings is 1. The topological polar surface area (TPSA) is 36.5 Å². The Kier molecular flexibility index (Phi) is 4.94. The first kappa shape index (κ1) is 25.0. The molecule has 8 aromatic rings. The predicted octanol–water partition coefficient (Wildman–Crippen LogP) is 9.29. The van der Waals surface area contributed by atoms with Gasteiger partial charge in [-0.2, -0.15) is 0 Å². The SMILES string of the molecule is CC1(C)OB(c2ccc3c(c2)oc2ccc(-n4c5ccc6ccccc6c5c5c6ccccc6ccc54)cc23)OC1(C)C. The van der Waals surface area contributed by atoms with Crippen LogP contribution >= 0.6 is 0 Å². The van der Waals surface area contributed by atoms with Crippen molar-refractivity contribution in [2.45, 2.75) is 38.9 Å². The molecule has 208 valence electrons. The summed E-state index contributed by atoms with van der Waals surface area (Å²) in [7, 11) is -0.430. The van der Waals surface area contributed by atoms with Gasteiger partial charge < -0.3 is 18.3 Å². The molecule has 9 rings (SSSR count). The average molecular weight is 559 g/mol. The van der Waals surface area contributed by atoms with Gasteiger partial charge in [-0.15, -0.1) is 0 Å². The number of rotatable bonds is 2. The lowest BCUT2D eigenvalue weighted by molar-refractivity contribution is 0.00578. The lowest BCUT2D eigenvalue weighted by Gasteiger charge is -2.32. The lowest BCUT2D eigenvalue weighted by Crippen LogP contribution is -2.41. The Morgan fingerprint density at radius 1 is 0.535 bits per heavy atom. The van der Waals surface area contributed by atoms with Gasteiger partial charge in [0.25, 0.3) is 0 Å². The second kappa shape index (κ2) is 8.50. The van der Waals surface area contributed by atoms with Crippen molar-refractivity contribution in [1.82, 2.24) is 4.57 Å². The Bertz CT molecular complexity index is 2320. The third kappa shape index (κ3) is 3.46. The first-order valence-corrected chi connectivity index (χ1v) is 14.9. The van der Waals surface area contributed by atoms with E-state index in [1.54, 1.807) is 0 Å². The van der Waals surface area contributed by atoms with Crippen LogP contribution in [0.4, 0.5) is 0 Å². The summed E-state index contributed by atoms with van der Waals surface area (Å²) in [5.74, 6) is 0. The Morgan fingerprint density at radius 2 is 1.14 bits per heavy atom.